The van der Waals surface area contributed by atoms with Crippen LogP contribution in [0.1, 0.15) is 5.56 Å². The predicted octanol–water partition coefficient (Wildman–Crippen LogP) is 2.01. The molecule has 0 radical (unpaired) electrons. The molecule has 0 aliphatic carbocycles. The van der Waals surface area contributed by atoms with Gasteiger partial charge in [-0.05, 0) is 10.8 Å². The lowest BCUT2D eigenvalue weighted by atomic mass is 10.2. The molecule has 0 bridgehead atoms. The Labute approximate surface area is 86.5 Å². The van der Waals surface area contributed by atoms with E-state index in [9.17, 15) is 0 Å². The maximum Gasteiger partial charge on any atom is 0.373 e. The molecule has 2 N–H and O–H groups in total. The van der Waals surface area contributed by atoms with E-state index in [1.165, 1.54) is 0 Å². The quantitative estimate of drug-likeness (QED) is 0.621. The van der Waals surface area contributed by atoms with E-state index in [1.807, 2.05) is 24.3 Å². The summed E-state index contributed by atoms with van der Waals surface area (Å²) in [5.41, 5.74) is 6.41. The van der Waals surface area contributed by atoms with Crippen molar-refractivity contribution in [3.05, 3.63) is 29.8 Å². The molecule has 0 spiro atoms. The molecule has 0 heterocycles. The summed E-state index contributed by atoms with van der Waals surface area (Å²) in [6.45, 7) is 0.414. The van der Waals surface area contributed by atoms with Gasteiger partial charge in [0.15, 0.2) is 0 Å². The molecule has 1 aromatic carbocycles. The van der Waals surface area contributed by atoms with Gasteiger partial charge in [-0.1, -0.05) is 24.3 Å². The second-order valence-corrected chi connectivity index (χ2v) is 10.7. The summed E-state index contributed by atoms with van der Waals surface area (Å²) in [4.78, 5) is 0. The molecule has 12 heavy (non-hydrogen) atoms. The van der Waals surface area contributed by atoms with E-state index in [4.69, 9.17) is 39.0 Å². The third-order valence-electron chi connectivity index (χ3n) is 1.54. The summed E-state index contributed by atoms with van der Waals surface area (Å²) >= 11 is 17.6. The average Bonchev–Trinajstić information content (AvgIpc) is 2.03. The largest absolute Gasteiger partial charge is 0.373 e. The molecule has 0 aromatic heterocycles. The van der Waals surface area contributed by atoms with E-state index in [-0.39, 0.29) is 0 Å². The molecule has 0 aliphatic rings. The molecule has 0 amide bonds. The summed E-state index contributed by atoms with van der Waals surface area (Å²) < 4.78 is 0. The Morgan fingerprint density at radius 3 is 2.17 bits per heavy atom. The van der Waals surface area contributed by atoms with Crippen LogP contribution in [0, 0.1) is 0 Å². The predicted molar refractivity (Wildman–Crippen MR) is 57.3 cm³/mol. The Kier molecular flexibility index (Phi) is 3.44. The Morgan fingerprint density at radius 1 is 1.17 bits per heavy atom. The summed E-state index contributed by atoms with van der Waals surface area (Å²) in [6, 6.07) is 4.67. The maximum absolute atomic E-state index is 5.86. The first kappa shape index (κ1) is 10.3. The minimum atomic E-state index is -2.76. The normalized spacial score (nSPS) is 11.7. The van der Waals surface area contributed by atoms with Crippen LogP contribution in [0.3, 0.4) is 0 Å². The first-order valence-corrected chi connectivity index (χ1v) is 8.44. The number of rotatable bonds is 2. The molecule has 0 atom stereocenters. The van der Waals surface area contributed by atoms with Crippen molar-refractivity contribution in [2.24, 2.45) is 5.73 Å². The topological polar surface area (TPSA) is 26.0 Å². The zero-order valence-corrected chi connectivity index (χ0v) is 9.50. The Morgan fingerprint density at radius 2 is 1.75 bits per heavy atom. The number of halogens is 3. The number of benzene rings is 1. The highest BCUT2D eigenvalue weighted by Crippen LogP contribution is 2.20. The lowest BCUT2D eigenvalue weighted by Crippen LogP contribution is -2.34. The van der Waals surface area contributed by atoms with Crippen LogP contribution in [-0.2, 0) is 6.54 Å². The van der Waals surface area contributed by atoms with Crippen LogP contribution in [-0.4, -0.2) is 6.00 Å². The lowest BCUT2D eigenvalue weighted by molar-refractivity contribution is 1.08. The minimum Gasteiger partial charge on any atom is -0.326 e. The van der Waals surface area contributed by atoms with Gasteiger partial charge in [0.2, 0.25) is 0 Å². The molecule has 0 unspecified atom stereocenters. The second kappa shape index (κ2) is 3.98. The molecular formula is C7H8Cl3NSi. The molecular weight excluding hydrogens is 233 g/mol. The molecule has 5 heteroatoms. The zero-order chi connectivity index (χ0) is 9.19. The van der Waals surface area contributed by atoms with Gasteiger partial charge in [0.1, 0.15) is 0 Å². The van der Waals surface area contributed by atoms with Gasteiger partial charge in [0.25, 0.3) is 0 Å². The Balaban J connectivity index is 3.14. The third kappa shape index (κ3) is 2.38. The first-order chi connectivity index (χ1) is 5.55. The van der Waals surface area contributed by atoms with E-state index in [2.05, 4.69) is 0 Å². The van der Waals surface area contributed by atoms with Crippen LogP contribution < -0.4 is 10.9 Å². The highest BCUT2D eigenvalue weighted by Gasteiger charge is 2.29. The standard InChI is InChI=1S/C7H8Cl3NSi/c8-12(9,10)7-4-2-1-3-6(7)5-11/h1-4H,5,11H2. The summed E-state index contributed by atoms with van der Waals surface area (Å²) in [5, 5.41) is 0.789. The van der Waals surface area contributed by atoms with Crippen LogP contribution in [0.2, 0.25) is 0 Å². The molecule has 1 aromatic rings. The molecule has 0 saturated heterocycles. The third-order valence-corrected chi connectivity index (χ3v) is 4.47. The number of hydrogen-bond donors (Lipinski definition) is 1. The van der Waals surface area contributed by atoms with Crippen molar-refractivity contribution in [1.82, 2.24) is 0 Å². The van der Waals surface area contributed by atoms with Gasteiger partial charge in [0.05, 0.1) is 0 Å². The SMILES string of the molecule is NCc1ccccc1[Si](Cl)(Cl)Cl. The maximum atomic E-state index is 5.86. The van der Waals surface area contributed by atoms with Crippen LogP contribution in [0.25, 0.3) is 0 Å². The van der Waals surface area contributed by atoms with E-state index < -0.39 is 6.00 Å². The fraction of sp³-hybridized carbons (Fsp3) is 0.143. The van der Waals surface area contributed by atoms with Gasteiger partial charge in [-0.25, -0.2) is 0 Å². The minimum absolute atomic E-state index is 0.414. The van der Waals surface area contributed by atoms with Crippen LogP contribution in [0.4, 0.5) is 0 Å². The van der Waals surface area contributed by atoms with Crippen molar-refractivity contribution < 1.29 is 0 Å². The van der Waals surface area contributed by atoms with Gasteiger partial charge in [-0.3, -0.25) is 0 Å². The average molecular weight is 241 g/mol. The number of hydrogen-bond acceptors (Lipinski definition) is 1. The fourth-order valence-corrected chi connectivity index (χ4v) is 3.47. The summed E-state index contributed by atoms with van der Waals surface area (Å²) in [7, 11) is 0. The van der Waals surface area contributed by atoms with Gasteiger partial charge >= 0.3 is 6.00 Å². The highest BCUT2D eigenvalue weighted by atomic mass is 35.8. The van der Waals surface area contributed by atoms with E-state index in [0.29, 0.717) is 6.54 Å². The number of nitrogens with two attached hydrogens (primary N) is 1. The van der Waals surface area contributed by atoms with Crippen LogP contribution in [0.15, 0.2) is 24.3 Å². The molecule has 0 saturated carbocycles. The monoisotopic (exact) mass is 239 g/mol. The van der Waals surface area contributed by atoms with E-state index >= 15 is 0 Å². The smallest absolute Gasteiger partial charge is 0.326 e. The van der Waals surface area contributed by atoms with Crippen molar-refractivity contribution >= 4 is 44.4 Å². The van der Waals surface area contributed by atoms with Gasteiger partial charge in [-0.15, -0.1) is 33.2 Å². The molecule has 0 fully saturated rings. The van der Waals surface area contributed by atoms with Crippen molar-refractivity contribution in [2.75, 3.05) is 0 Å². The Bertz CT molecular complexity index is 272. The molecule has 1 rings (SSSR count). The Hall–Kier alpha value is 0.267. The van der Waals surface area contributed by atoms with Gasteiger partial charge in [-0.2, -0.15) is 0 Å². The van der Waals surface area contributed by atoms with Crippen LogP contribution in [0.5, 0.6) is 0 Å². The van der Waals surface area contributed by atoms with Crippen molar-refractivity contribution in [1.29, 1.82) is 0 Å². The summed E-state index contributed by atoms with van der Waals surface area (Å²) in [5.74, 6) is 0. The van der Waals surface area contributed by atoms with Crippen LogP contribution >= 0.6 is 33.2 Å². The van der Waals surface area contributed by atoms with Crippen molar-refractivity contribution in [2.45, 2.75) is 6.54 Å². The van der Waals surface area contributed by atoms with Crippen molar-refractivity contribution in [3.8, 4) is 0 Å². The van der Waals surface area contributed by atoms with E-state index in [1.54, 1.807) is 0 Å². The lowest BCUT2D eigenvalue weighted by Gasteiger charge is -2.12. The van der Waals surface area contributed by atoms with Gasteiger partial charge < -0.3 is 5.73 Å². The van der Waals surface area contributed by atoms with Crippen molar-refractivity contribution in [3.63, 3.8) is 0 Å². The zero-order valence-electron chi connectivity index (χ0n) is 6.23. The molecule has 66 valence electrons. The highest BCUT2D eigenvalue weighted by molar-refractivity contribution is 7.69. The summed E-state index contributed by atoms with van der Waals surface area (Å²) in [6.07, 6.45) is 0. The molecule has 0 aliphatic heterocycles. The fourth-order valence-electron chi connectivity index (χ4n) is 0.975. The first-order valence-electron chi connectivity index (χ1n) is 3.41. The van der Waals surface area contributed by atoms with Gasteiger partial charge in [0, 0.05) is 6.54 Å². The second-order valence-electron chi connectivity index (χ2n) is 2.36. The van der Waals surface area contributed by atoms with E-state index in [0.717, 1.165) is 10.8 Å². The molecule has 1 nitrogen and oxygen atoms in total.